The molecule has 0 saturated carbocycles. The van der Waals surface area contributed by atoms with E-state index in [0.717, 1.165) is 4.96 Å². The number of sulfone groups is 1. The summed E-state index contributed by atoms with van der Waals surface area (Å²) in [6.45, 7) is 2.22. The summed E-state index contributed by atoms with van der Waals surface area (Å²) in [6, 6.07) is 0. The Balaban J connectivity index is 2.12. The highest BCUT2D eigenvalue weighted by atomic mass is 32.2. The van der Waals surface area contributed by atoms with Gasteiger partial charge in [0.1, 0.15) is 0 Å². The normalized spacial score (nSPS) is 14.2. The van der Waals surface area contributed by atoms with Crippen molar-refractivity contribution in [2.24, 2.45) is 11.7 Å². The van der Waals surface area contributed by atoms with Crippen LogP contribution >= 0.6 is 11.3 Å². The van der Waals surface area contributed by atoms with E-state index in [-0.39, 0.29) is 17.4 Å². The third-order valence-electron chi connectivity index (χ3n) is 2.45. The molecule has 5 nitrogen and oxygen atoms in total. The van der Waals surface area contributed by atoms with Crippen LogP contribution < -0.4 is 5.73 Å². The van der Waals surface area contributed by atoms with E-state index in [1.54, 1.807) is 6.20 Å². The third-order valence-corrected chi connectivity index (χ3v) is 5.03. The molecule has 2 rings (SSSR count). The number of nitrogens with zero attached hydrogens (tertiary/aromatic N) is 2. The molecule has 94 valence electrons. The maximum Gasteiger partial charge on any atom is 0.193 e. The fraction of sp³-hybridized carbons (Fsp3) is 0.500. The van der Waals surface area contributed by atoms with Gasteiger partial charge >= 0.3 is 0 Å². The van der Waals surface area contributed by atoms with Crippen molar-refractivity contribution >= 4 is 26.1 Å². The molecule has 0 amide bonds. The summed E-state index contributed by atoms with van der Waals surface area (Å²) >= 11 is 1.49. The Bertz CT molecular complexity index is 571. The van der Waals surface area contributed by atoms with Crippen molar-refractivity contribution in [2.45, 2.75) is 12.7 Å². The molecule has 0 aromatic carbocycles. The summed E-state index contributed by atoms with van der Waals surface area (Å²) in [5, 5.41) is 1.91. The zero-order valence-electron chi connectivity index (χ0n) is 9.54. The van der Waals surface area contributed by atoms with Gasteiger partial charge in [-0.05, 0) is 12.5 Å². The standard InChI is InChI=1S/C10H15N3O2S2/c1-8(4-11)6-17(14,15)7-9-5-13-2-3-16-10(13)12-9/h2-3,5,8H,4,6-7,11H2,1H3. The summed E-state index contributed by atoms with van der Waals surface area (Å²) in [4.78, 5) is 5.08. The third kappa shape index (κ3) is 3.05. The number of nitrogens with two attached hydrogens (primary N) is 1. The van der Waals surface area contributed by atoms with Crippen molar-refractivity contribution in [1.29, 1.82) is 0 Å². The quantitative estimate of drug-likeness (QED) is 0.878. The number of rotatable bonds is 5. The van der Waals surface area contributed by atoms with E-state index in [0.29, 0.717) is 12.2 Å². The molecule has 0 fully saturated rings. The largest absolute Gasteiger partial charge is 0.330 e. The molecule has 0 spiro atoms. The van der Waals surface area contributed by atoms with Gasteiger partial charge in [0.15, 0.2) is 14.8 Å². The van der Waals surface area contributed by atoms with Gasteiger partial charge in [-0.1, -0.05) is 6.92 Å². The van der Waals surface area contributed by atoms with Crippen molar-refractivity contribution in [3.05, 3.63) is 23.5 Å². The first-order valence-electron chi connectivity index (χ1n) is 5.32. The molecule has 0 aliphatic carbocycles. The minimum atomic E-state index is -3.12. The van der Waals surface area contributed by atoms with Crippen LogP contribution in [0.3, 0.4) is 0 Å². The molecule has 7 heteroatoms. The topological polar surface area (TPSA) is 77.5 Å². The number of hydrogen-bond donors (Lipinski definition) is 1. The second-order valence-electron chi connectivity index (χ2n) is 4.22. The Morgan fingerprint density at radius 2 is 2.35 bits per heavy atom. The van der Waals surface area contributed by atoms with Crippen LogP contribution in [0.2, 0.25) is 0 Å². The molecule has 2 N–H and O–H groups in total. The number of hydrogen-bond acceptors (Lipinski definition) is 5. The fourth-order valence-electron chi connectivity index (χ4n) is 1.63. The molecule has 0 saturated heterocycles. The van der Waals surface area contributed by atoms with Gasteiger partial charge in [-0.2, -0.15) is 0 Å². The SMILES string of the molecule is CC(CN)CS(=O)(=O)Cc1cn2ccsc2n1. The fourth-order valence-corrected chi connectivity index (χ4v) is 4.06. The monoisotopic (exact) mass is 273 g/mol. The van der Waals surface area contributed by atoms with Crippen molar-refractivity contribution in [3.8, 4) is 0 Å². The van der Waals surface area contributed by atoms with Gasteiger partial charge in [0.05, 0.1) is 17.2 Å². The molecular weight excluding hydrogens is 258 g/mol. The van der Waals surface area contributed by atoms with Crippen LogP contribution in [-0.2, 0) is 15.6 Å². The van der Waals surface area contributed by atoms with Crippen LogP contribution in [0.15, 0.2) is 17.8 Å². The molecule has 1 unspecified atom stereocenters. The molecule has 0 aliphatic heterocycles. The van der Waals surface area contributed by atoms with Crippen molar-refractivity contribution in [2.75, 3.05) is 12.3 Å². The number of imidazole rings is 1. The van der Waals surface area contributed by atoms with Gasteiger partial charge in [0, 0.05) is 17.8 Å². The van der Waals surface area contributed by atoms with E-state index in [9.17, 15) is 8.42 Å². The van der Waals surface area contributed by atoms with E-state index < -0.39 is 9.84 Å². The van der Waals surface area contributed by atoms with Crippen LogP contribution in [0.25, 0.3) is 4.96 Å². The lowest BCUT2D eigenvalue weighted by Crippen LogP contribution is -2.22. The Hall–Kier alpha value is -0.920. The lowest BCUT2D eigenvalue weighted by atomic mass is 10.2. The van der Waals surface area contributed by atoms with E-state index >= 15 is 0 Å². The highest BCUT2D eigenvalue weighted by Gasteiger charge is 2.17. The summed E-state index contributed by atoms with van der Waals surface area (Å²) in [7, 11) is -3.12. The van der Waals surface area contributed by atoms with Crippen molar-refractivity contribution in [1.82, 2.24) is 9.38 Å². The zero-order chi connectivity index (χ0) is 12.5. The van der Waals surface area contributed by atoms with Gasteiger partial charge in [0.25, 0.3) is 0 Å². The van der Waals surface area contributed by atoms with Gasteiger partial charge in [-0.15, -0.1) is 11.3 Å². The van der Waals surface area contributed by atoms with E-state index in [2.05, 4.69) is 4.98 Å². The summed E-state index contributed by atoms with van der Waals surface area (Å²) in [5.74, 6) is 0.101. The Morgan fingerprint density at radius 1 is 1.59 bits per heavy atom. The first-order chi connectivity index (χ1) is 8.00. The molecule has 1 atom stereocenters. The molecule has 0 radical (unpaired) electrons. The van der Waals surface area contributed by atoms with E-state index in [1.807, 2.05) is 22.9 Å². The van der Waals surface area contributed by atoms with Gasteiger partial charge < -0.3 is 5.73 Å². The highest BCUT2D eigenvalue weighted by molar-refractivity contribution is 7.90. The first-order valence-corrected chi connectivity index (χ1v) is 8.02. The Morgan fingerprint density at radius 3 is 3.00 bits per heavy atom. The molecule has 17 heavy (non-hydrogen) atoms. The van der Waals surface area contributed by atoms with Crippen molar-refractivity contribution in [3.63, 3.8) is 0 Å². The zero-order valence-corrected chi connectivity index (χ0v) is 11.2. The second kappa shape index (κ2) is 4.75. The lowest BCUT2D eigenvalue weighted by Gasteiger charge is -2.07. The van der Waals surface area contributed by atoms with Crippen LogP contribution in [0.4, 0.5) is 0 Å². The smallest absolute Gasteiger partial charge is 0.193 e. The summed E-state index contributed by atoms with van der Waals surface area (Å²) in [5.41, 5.74) is 6.03. The molecule has 0 bridgehead atoms. The lowest BCUT2D eigenvalue weighted by molar-refractivity contribution is 0.572. The average Bonchev–Trinajstić information content (AvgIpc) is 2.75. The summed E-state index contributed by atoms with van der Waals surface area (Å²) < 4.78 is 25.6. The summed E-state index contributed by atoms with van der Waals surface area (Å²) in [6.07, 6.45) is 3.63. The second-order valence-corrected chi connectivity index (χ2v) is 7.20. The molecule has 2 heterocycles. The number of aromatic nitrogens is 2. The minimum Gasteiger partial charge on any atom is -0.330 e. The predicted molar refractivity (Wildman–Crippen MR) is 68.8 cm³/mol. The molecular formula is C10H15N3O2S2. The number of thiazole rings is 1. The first kappa shape index (κ1) is 12.5. The van der Waals surface area contributed by atoms with Crippen LogP contribution in [-0.4, -0.2) is 30.1 Å². The van der Waals surface area contributed by atoms with Gasteiger partial charge in [-0.3, -0.25) is 4.40 Å². The van der Waals surface area contributed by atoms with Crippen LogP contribution in [0.5, 0.6) is 0 Å². The van der Waals surface area contributed by atoms with E-state index in [1.165, 1.54) is 11.3 Å². The average molecular weight is 273 g/mol. The van der Waals surface area contributed by atoms with Crippen LogP contribution in [0.1, 0.15) is 12.6 Å². The highest BCUT2D eigenvalue weighted by Crippen LogP contribution is 2.14. The Kier molecular flexibility index (Phi) is 3.50. The van der Waals surface area contributed by atoms with Gasteiger partial charge in [0.2, 0.25) is 0 Å². The molecule has 2 aromatic heterocycles. The van der Waals surface area contributed by atoms with Crippen molar-refractivity contribution < 1.29 is 8.42 Å². The Labute approximate surface area is 104 Å². The minimum absolute atomic E-state index is 0.00819. The number of fused-ring (bicyclic) bond motifs is 1. The van der Waals surface area contributed by atoms with Crippen LogP contribution in [0, 0.1) is 5.92 Å². The van der Waals surface area contributed by atoms with E-state index in [4.69, 9.17) is 5.73 Å². The maximum atomic E-state index is 11.9. The predicted octanol–water partition coefficient (Wildman–Crippen LogP) is 0.905. The molecule has 0 aliphatic rings. The molecule has 2 aromatic rings. The maximum absolute atomic E-state index is 11.9. The van der Waals surface area contributed by atoms with Gasteiger partial charge in [-0.25, -0.2) is 13.4 Å².